The van der Waals surface area contributed by atoms with Crippen LogP contribution < -0.4 is 5.32 Å². The Labute approximate surface area is 69.4 Å². The van der Waals surface area contributed by atoms with Crippen LogP contribution in [0.15, 0.2) is 0 Å². The molecule has 66 valence electrons. The van der Waals surface area contributed by atoms with Gasteiger partial charge in [0.25, 0.3) is 0 Å². The average Bonchev–Trinajstić information content (AvgIpc) is 2.00. The third-order valence-corrected chi connectivity index (χ3v) is 1.72. The van der Waals surface area contributed by atoms with E-state index in [1.807, 2.05) is 6.92 Å². The van der Waals surface area contributed by atoms with Gasteiger partial charge in [0.05, 0.1) is 0 Å². The third-order valence-electron chi connectivity index (χ3n) is 1.72. The van der Waals surface area contributed by atoms with E-state index in [-0.39, 0.29) is 11.8 Å². The molecule has 2 heteroatoms. The summed E-state index contributed by atoms with van der Waals surface area (Å²) >= 11 is 0. The number of carbonyl (C=O) groups is 1. The monoisotopic (exact) mass is 157 g/mol. The number of rotatable bonds is 5. The quantitative estimate of drug-likeness (QED) is 0.649. The molecule has 2 nitrogen and oxygen atoms in total. The second kappa shape index (κ2) is 6.20. The van der Waals surface area contributed by atoms with Crippen molar-refractivity contribution in [3.05, 3.63) is 0 Å². The fourth-order valence-corrected chi connectivity index (χ4v) is 0.987. The van der Waals surface area contributed by atoms with Gasteiger partial charge in [0.15, 0.2) is 0 Å². The molecule has 0 unspecified atom stereocenters. The molecule has 0 bridgehead atoms. The lowest BCUT2D eigenvalue weighted by Gasteiger charge is -2.09. The van der Waals surface area contributed by atoms with Gasteiger partial charge in [-0.05, 0) is 12.8 Å². The highest BCUT2D eigenvalue weighted by atomic mass is 16.1. The van der Waals surface area contributed by atoms with Gasteiger partial charge in [-0.3, -0.25) is 4.79 Å². The molecule has 0 aliphatic heterocycles. The van der Waals surface area contributed by atoms with Gasteiger partial charge in [-0.1, -0.05) is 27.2 Å². The summed E-state index contributed by atoms with van der Waals surface area (Å²) in [7, 11) is 0. The number of carbonyl (C=O) groups excluding carboxylic acids is 1. The van der Waals surface area contributed by atoms with Gasteiger partial charge >= 0.3 is 0 Å². The first-order valence-electron chi connectivity index (χ1n) is 4.50. The topological polar surface area (TPSA) is 29.1 Å². The first kappa shape index (κ1) is 10.5. The summed E-state index contributed by atoms with van der Waals surface area (Å²) in [5, 5.41) is 2.88. The molecule has 0 saturated carbocycles. The summed E-state index contributed by atoms with van der Waals surface area (Å²) in [6.07, 6.45) is 3.10. The van der Waals surface area contributed by atoms with Crippen LogP contribution in [-0.4, -0.2) is 12.5 Å². The summed E-state index contributed by atoms with van der Waals surface area (Å²) in [6, 6.07) is 0. The second-order valence-corrected chi connectivity index (χ2v) is 2.98. The molecule has 0 radical (unpaired) electrons. The molecule has 0 aromatic heterocycles. The molecule has 0 fully saturated rings. The lowest BCUT2D eigenvalue weighted by Crippen LogP contribution is -2.29. The van der Waals surface area contributed by atoms with E-state index >= 15 is 0 Å². The number of hydrogen-bond donors (Lipinski definition) is 1. The largest absolute Gasteiger partial charge is 0.356 e. The minimum Gasteiger partial charge on any atom is -0.356 e. The van der Waals surface area contributed by atoms with Crippen molar-refractivity contribution in [3.8, 4) is 0 Å². The van der Waals surface area contributed by atoms with Crippen LogP contribution in [0.25, 0.3) is 0 Å². The van der Waals surface area contributed by atoms with E-state index in [2.05, 4.69) is 19.2 Å². The molecule has 11 heavy (non-hydrogen) atoms. The summed E-state index contributed by atoms with van der Waals surface area (Å²) in [4.78, 5) is 11.2. The minimum atomic E-state index is 0.187. The van der Waals surface area contributed by atoms with E-state index in [0.717, 1.165) is 25.8 Å². The van der Waals surface area contributed by atoms with Crippen molar-refractivity contribution >= 4 is 5.91 Å². The van der Waals surface area contributed by atoms with Crippen molar-refractivity contribution in [2.45, 2.75) is 40.0 Å². The Morgan fingerprint density at radius 1 is 1.36 bits per heavy atom. The molecular formula is C9H19NO. The molecule has 0 aromatic rings. The zero-order chi connectivity index (χ0) is 8.69. The van der Waals surface area contributed by atoms with Crippen LogP contribution in [-0.2, 0) is 4.79 Å². The number of hydrogen-bond acceptors (Lipinski definition) is 1. The maximum absolute atomic E-state index is 11.2. The summed E-state index contributed by atoms with van der Waals surface area (Å²) in [5.74, 6) is 0.389. The zero-order valence-corrected chi connectivity index (χ0v) is 7.81. The Kier molecular flexibility index (Phi) is 5.90. The molecule has 1 amide bonds. The van der Waals surface area contributed by atoms with Gasteiger partial charge < -0.3 is 5.32 Å². The van der Waals surface area contributed by atoms with Crippen LogP contribution in [0.3, 0.4) is 0 Å². The van der Waals surface area contributed by atoms with Crippen LogP contribution in [0, 0.1) is 5.92 Å². The van der Waals surface area contributed by atoms with Gasteiger partial charge in [-0.2, -0.15) is 0 Å². The van der Waals surface area contributed by atoms with E-state index in [1.54, 1.807) is 0 Å². The Morgan fingerprint density at radius 2 is 2.00 bits per heavy atom. The molecule has 0 aliphatic rings. The van der Waals surface area contributed by atoms with Crippen molar-refractivity contribution in [3.63, 3.8) is 0 Å². The normalized spacial score (nSPS) is 12.6. The zero-order valence-electron chi connectivity index (χ0n) is 7.81. The van der Waals surface area contributed by atoms with Crippen LogP contribution in [0.5, 0.6) is 0 Å². The Bertz CT molecular complexity index is 112. The molecule has 0 saturated heterocycles. The number of nitrogens with one attached hydrogen (secondary N) is 1. The highest BCUT2D eigenvalue weighted by Crippen LogP contribution is 2.03. The molecule has 0 aliphatic carbocycles. The maximum atomic E-state index is 11.2. The van der Waals surface area contributed by atoms with E-state index in [4.69, 9.17) is 0 Å². The first-order valence-corrected chi connectivity index (χ1v) is 4.50. The van der Waals surface area contributed by atoms with Gasteiger partial charge in [-0.25, -0.2) is 0 Å². The van der Waals surface area contributed by atoms with E-state index in [1.165, 1.54) is 0 Å². The molecule has 1 N–H and O–H groups in total. The van der Waals surface area contributed by atoms with Crippen molar-refractivity contribution < 1.29 is 4.79 Å². The molecule has 0 aromatic carbocycles. The Balaban J connectivity index is 3.47. The predicted molar refractivity (Wildman–Crippen MR) is 47.4 cm³/mol. The molecule has 0 rings (SSSR count). The minimum absolute atomic E-state index is 0.187. The van der Waals surface area contributed by atoms with Gasteiger partial charge in [-0.15, -0.1) is 0 Å². The lowest BCUT2D eigenvalue weighted by molar-refractivity contribution is -0.124. The van der Waals surface area contributed by atoms with Crippen molar-refractivity contribution in [1.29, 1.82) is 0 Å². The first-order chi connectivity index (χ1) is 5.22. The Hall–Kier alpha value is -0.530. The second-order valence-electron chi connectivity index (χ2n) is 2.98. The van der Waals surface area contributed by atoms with E-state index in [9.17, 15) is 4.79 Å². The van der Waals surface area contributed by atoms with Crippen LogP contribution in [0.1, 0.15) is 40.0 Å². The van der Waals surface area contributed by atoms with Crippen molar-refractivity contribution in [2.75, 3.05) is 6.54 Å². The van der Waals surface area contributed by atoms with Crippen LogP contribution in [0.2, 0.25) is 0 Å². The van der Waals surface area contributed by atoms with Gasteiger partial charge in [0.2, 0.25) is 5.91 Å². The molecule has 0 spiro atoms. The van der Waals surface area contributed by atoms with Crippen molar-refractivity contribution in [1.82, 2.24) is 5.32 Å². The SMILES string of the molecule is CCCNC(=O)[C@H](C)CCC. The highest BCUT2D eigenvalue weighted by molar-refractivity contribution is 5.78. The van der Waals surface area contributed by atoms with Crippen LogP contribution in [0.4, 0.5) is 0 Å². The van der Waals surface area contributed by atoms with Gasteiger partial charge in [0.1, 0.15) is 0 Å². The van der Waals surface area contributed by atoms with E-state index in [0.29, 0.717) is 0 Å². The smallest absolute Gasteiger partial charge is 0.222 e. The predicted octanol–water partition coefficient (Wildman–Crippen LogP) is 1.95. The molecular weight excluding hydrogens is 138 g/mol. The standard InChI is InChI=1S/C9H19NO/c1-4-6-8(3)9(11)10-7-5-2/h8H,4-7H2,1-3H3,(H,10,11)/t8-/m1/s1. The molecule has 0 heterocycles. The lowest BCUT2D eigenvalue weighted by atomic mass is 10.1. The third kappa shape index (κ3) is 4.82. The fraction of sp³-hybridized carbons (Fsp3) is 0.889. The Morgan fingerprint density at radius 3 is 2.45 bits per heavy atom. The molecule has 1 atom stereocenters. The summed E-state index contributed by atoms with van der Waals surface area (Å²) in [6.45, 7) is 6.95. The van der Waals surface area contributed by atoms with Crippen LogP contribution >= 0.6 is 0 Å². The number of amides is 1. The van der Waals surface area contributed by atoms with E-state index < -0.39 is 0 Å². The maximum Gasteiger partial charge on any atom is 0.222 e. The average molecular weight is 157 g/mol. The highest BCUT2D eigenvalue weighted by Gasteiger charge is 2.09. The summed E-state index contributed by atoms with van der Waals surface area (Å²) < 4.78 is 0. The van der Waals surface area contributed by atoms with Gasteiger partial charge in [0, 0.05) is 12.5 Å². The van der Waals surface area contributed by atoms with Crippen molar-refractivity contribution in [2.24, 2.45) is 5.92 Å². The fourth-order valence-electron chi connectivity index (χ4n) is 0.987. The summed E-state index contributed by atoms with van der Waals surface area (Å²) in [5.41, 5.74) is 0.